The average Bonchev–Trinajstić information content (AvgIpc) is 2.20. The zero-order valence-corrected chi connectivity index (χ0v) is 9.43. The monoisotopic (exact) mass is 216 g/mol. The molecule has 15 heavy (non-hydrogen) atoms. The first kappa shape index (κ1) is 14.0. The van der Waals surface area contributed by atoms with Crippen molar-refractivity contribution in [2.45, 2.75) is 33.2 Å². The van der Waals surface area contributed by atoms with Crippen molar-refractivity contribution in [3.63, 3.8) is 0 Å². The van der Waals surface area contributed by atoms with E-state index in [-0.39, 0.29) is 6.54 Å². The second kappa shape index (κ2) is 7.29. The Morgan fingerprint density at radius 3 is 2.47 bits per heavy atom. The quantitative estimate of drug-likeness (QED) is 0.837. The van der Waals surface area contributed by atoms with Gasteiger partial charge in [-0.3, -0.25) is 4.98 Å². The number of hydrogen-bond donors (Lipinski definition) is 1. The molecule has 1 N–H and O–H groups in total. The predicted octanol–water partition coefficient (Wildman–Crippen LogP) is 2.85. The molecule has 4 heteroatoms. The van der Waals surface area contributed by atoms with Gasteiger partial charge in [-0.25, -0.2) is 8.78 Å². The van der Waals surface area contributed by atoms with Crippen LogP contribution in [-0.4, -0.2) is 17.5 Å². The normalized spacial score (nSPS) is 10.5. The molecule has 0 saturated heterocycles. The number of alkyl halides is 2. The molecule has 1 heterocycles. The largest absolute Gasteiger partial charge is 0.306 e. The zero-order valence-electron chi connectivity index (χ0n) is 9.43. The van der Waals surface area contributed by atoms with Crippen LogP contribution in [0.1, 0.15) is 26.5 Å². The van der Waals surface area contributed by atoms with E-state index >= 15 is 0 Å². The molecule has 1 rings (SSSR count). The van der Waals surface area contributed by atoms with Gasteiger partial charge in [-0.15, -0.1) is 0 Å². The molecule has 0 radical (unpaired) electrons. The molecule has 1 aromatic rings. The Balaban J connectivity index is 0.000000921. The minimum atomic E-state index is -2.66. The number of hydrogen-bond acceptors (Lipinski definition) is 2. The summed E-state index contributed by atoms with van der Waals surface area (Å²) in [6.45, 7) is 4.95. The molecular weight excluding hydrogens is 198 g/mol. The lowest BCUT2D eigenvalue weighted by atomic mass is 10.3. The molecule has 86 valence electrons. The van der Waals surface area contributed by atoms with Crippen molar-refractivity contribution in [1.29, 1.82) is 0 Å². The highest BCUT2D eigenvalue weighted by Gasteiger charge is 2.19. The molecular formula is C11H18F2N2. The minimum Gasteiger partial charge on any atom is -0.306 e. The van der Waals surface area contributed by atoms with Crippen LogP contribution in [0.5, 0.6) is 0 Å². The lowest BCUT2D eigenvalue weighted by Gasteiger charge is -2.10. The van der Waals surface area contributed by atoms with Gasteiger partial charge < -0.3 is 5.32 Å². The number of halogens is 2. The van der Waals surface area contributed by atoms with Crippen LogP contribution in [-0.2, 0) is 6.54 Å². The van der Waals surface area contributed by atoms with Gasteiger partial charge in [-0.1, -0.05) is 19.9 Å². The molecule has 0 aromatic carbocycles. The lowest BCUT2D eigenvalue weighted by molar-refractivity contribution is 0.0223. The van der Waals surface area contributed by atoms with Gasteiger partial charge in [-0.05, 0) is 12.1 Å². The molecule has 0 bridgehead atoms. The maximum atomic E-state index is 12.3. The Hall–Kier alpha value is -1.03. The summed E-state index contributed by atoms with van der Waals surface area (Å²) in [7, 11) is 0. The van der Waals surface area contributed by atoms with E-state index in [4.69, 9.17) is 0 Å². The van der Waals surface area contributed by atoms with Crippen LogP contribution in [0.15, 0.2) is 24.4 Å². The molecule has 0 atom stereocenters. The van der Waals surface area contributed by atoms with Crippen molar-refractivity contribution in [1.82, 2.24) is 10.3 Å². The Bertz CT molecular complexity index is 245. The molecule has 1 aromatic heterocycles. The van der Waals surface area contributed by atoms with Crippen LogP contribution in [0, 0.1) is 0 Å². The standard InChI is InChI=1S/C9H12F2N2.C2H6/c1-9(10,11)7-12-6-8-4-2-3-5-13-8;1-2/h2-5,12H,6-7H2,1H3;1-2H3. The topological polar surface area (TPSA) is 24.9 Å². The van der Waals surface area contributed by atoms with Crippen molar-refractivity contribution in [2.24, 2.45) is 0 Å². The Labute approximate surface area is 89.7 Å². The van der Waals surface area contributed by atoms with E-state index in [1.807, 2.05) is 19.9 Å². The van der Waals surface area contributed by atoms with E-state index < -0.39 is 5.92 Å². The average molecular weight is 216 g/mol. The maximum Gasteiger partial charge on any atom is 0.257 e. The molecule has 2 nitrogen and oxygen atoms in total. The summed E-state index contributed by atoms with van der Waals surface area (Å²) >= 11 is 0. The van der Waals surface area contributed by atoms with Crippen molar-refractivity contribution in [3.8, 4) is 0 Å². The van der Waals surface area contributed by atoms with Crippen LogP contribution in [0.2, 0.25) is 0 Å². The van der Waals surface area contributed by atoms with E-state index in [2.05, 4.69) is 10.3 Å². The third kappa shape index (κ3) is 8.00. The van der Waals surface area contributed by atoms with Crippen LogP contribution in [0.4, 0.5) is 8.78 Å². The second-order valence-corrected chi connectivity index (χ2v) is 2.99. The van der Waals surface area contributed by atoms with Gasteiger partial charge in [0.1, 0.15) is 0 Å². The van der Waals surface area contributed by atoms with E-state index in [1.165, 1.54) is 0 Å². The van der Waals surface area contributed by atoms with Crippen molar-refractivity contribution >= 4 is 0 Å². The molecule has 0 aliphatic carbocycles. The molecule has 0 saturated carbocycles. The molecule has 0 unspecified atom stereocenters. The number of pyridine rings is 1. The third-order valence-corrected chi connectivity index (χ3v) is 1.47. The molecule has 0 spiro atoms. The first-order valence-electron chi connectivity index (χ1n) is 5.06. The summed E-state index contributed by atoms with van der Waals surface area (Å²) in [5, 5.41) is 2.63. The fourth-order valence-electron chi connectivity index (χ4n) is 0.913. The Morgan fingerprint density at radius 1 is 1.33 bits per heavy atom. The summed E-state index contributed by atoms with van der Waals surface area (Å²) in [5.74, 6) is -2.66. The summed E-state index contributed by atoms with van der Waals surface area (Å²) in [6, 6.07) is 5.41. The summed E-state index contributed by atoms with van der Waals surface area (Å²) in [6.07, 6.45) is 1.64. The van der Waals surface area contributed by atoms with Crippen LogP contribution in [0.25, 0.3) is 0 Å². The van der Waals surface area contributed by atoms with Crippen LogP contribution >= 0.6 is 0 Å². The number of nitrogens with one attached hydrogen (secondary N) is 1. The van der Waals surface area contributed by atoms with E-state index in [0.29, 0.717) is 6.54 Å². The molecule has 0 aliphatic rings. The van der Waals surface area contributed by atoms with Crippen molar-refractivity contribution in [3.05, 3.63) is 30.1 Å². The third-order valence-electron chi connectivity index (χ3n) is 1.47. The molecule has 0 aliphatic heterocycles. The number of rotatable bonds is 4. The summed E-state index contributed by atoms with van der Waals surface area (Å²) < 4.78 is 24.7. The van der Waals surface area contributed by atoms with Gasteiger partial charge in [0, 0.05) is 19.7 Å². The van der Waals surface area contributed by atoms with E-state index in [1.54, 1.807) is 18.3 Å². The SMILES string of the molecule is CC.CC(F)(F)CNCc1ccccn1. The summed E-state index contributed by atoms with van der Waals surface area (Å²) in [5.41, 5.74) is 0.770. The zero-order chi connectivity index (χ0) is 11.7. The first-order valence-corrected chi connectivity index (χ1v) is 5.06. The van der Waals surface area contributed by atoms with Crippen LogP contribution < -0.4 is 5.32 Å². The number of nitrogens with zero attached hydrogens (tertiary/aromatic N) is 1. The second-order valence-electron chi connectivity index (χ2n) is 2.99. The van der Waals surface area contributed by atoms with Gasteiger partial charge in [0.25, 0.3) is 5.92 Å². The van der Waals surface area contributed by atoms with Crippen molar-refractivity contribution < 1.29 is 8.78 Å². The van der Waals surface area contributed by atoms with Crippen molar-refractivity contribution in [2.75, 3.05) is 6.54 Å². The first-order chi connectivity index (χ1) is 7.08. The summed E-state index contributed by atoms with van der Waals surface area (Å²) in [4.78, 5) is 3.99. The minimum absolute atomic E-state index is 0.316. The Morgan fingerprint density at radius 2 is 2.00 bits per heavy atom. The predicted molar refractivity (Wildman–Crippen MR) is 57.9 cm³/mol. The fourth-order valence-corrected chi connectivity index (χ4v) is 0.913. The van der Waals surface area contributed by atoms with Gasteiger partial charge in [-0.2, -0.15) is 0 Å². The fraction of sp³-hybridized carbons (Fsp3) is 0.545. The Kier molecular flexibility index (Phi) is 6.79. The van der Waals surface area contributed by atoms with Gasteiger partial charge in [0.05, 0.1) is 12.2 Å². The lowest BCUT2D eigenvalue weighted by Crippen LogP contribution is -2.29. The van der Waals surface area contributed by atoms with Gasteiger partial charge >= 0.3 is 0 Å². The highest BCUT2D eigenvalue weighted by atomic mass is 19.3. The number of aromatic nitrogens is 1. The molecule has 0 fully saturated rings. The van der Waals surface area contributed by atoms with Crippen LogP contribution in [0.3, 0.4) is 0 Å². The smallest absolute Gasteiger partial charge is 0.257 e. The van der Waals surface area contributed by atoms with E-state index in [0.717, 1.165) is 12.6 Å². The van der Waals surface area contributed by atoms with Gasteiger partial charge in [0.15, 0.2) is 0 Å². The highest BCUT2D eigenvalue weighted by Crippen LogP contribution is 2.08. The molecule has 0 amide bonds. The van der Waals surface area contributed by atoms with E-state index in [9.17, 15) is 8.78 Å². The maximum absolute atomic E-state index is 12.3. The van der Waals surface area contributed by atoms with Gasteiger partial charge in [0.2, 0.25) is 0 Å². The highest BCUT2D eigenvalue weighted by molar-refractivity contribution is 5.02.